The van der Waals surface area contributed by atoms with Crippen molar-refractivity contribution >= 4 is 10.0 Å². The van der Waals surface area contributed by atoms with Crippen molar-refractivity contribution in [2.45, 2.75) is 31.4 Å². The molecule has 0 aromatic carbocycles. The van der Waals surface area contributed by atoms with Gasteiger partial charge in [0.2, 0.25) is 10.0 Å². The molecule has 0 bridgehead atoms. The van der Waals surface area contributed by atoms with Crippen LogP contribution in [0.1, 0.15) is 17.1 Å². The minimum atomic E-state index is -3.64. The lowest BCUT2D eigenvalue weighted by molar-refractivity contribution is -0.0846. The summed E-state index contributed by atoms with van der Waals surface area (Å²) < 4.78 is 43.7. The fourth-order valence-corrected chi connectivity index (χ4v) is 3.88. The summed E-state index contributed by atoms with van der Waals surface area (Å²) in [6.07, 6.45) is -0.255. The molecule has 2 heterocycles. The molecule has 7 nitrogen and oxygen atoms in total. The fraction of sp³-hybridized carbons (Fsp3) is 0.692. The van der Waals surface area contributed by atoms with Crippen molar-refractivity contribution in [1.82, 2.24) is 10.0 Å². The molecule has 2 N–H and O–H groups in total. The van der Waals surface area contributed by atoms with E-state index in [0.29, 0.717) is 43.4 Å². The first-order chi connectivity index (χ1) is 9.95. The molecule has 1 aliphatic rings. The van der Waals surface area contributed by atoms with Crippen molar-refractivity contribution in [3.63, 3.8) is 0 Å². The molecule has 1 unspecified atom stereocenters. The van der Waals surface area contributed by atoms with Crippen LogP contribution in [0.25, 0.3) is 0 Å². The first-order valence-corrected chi connectivity index (χ1v) is 8.36. The van der Waals surface area contributed by atoms with Gasteiger partial charge in [0.25, 0.3) is 0 Å². The largest absolute Gasteiger partial charge is 0.465 e. The van der Waals surface area contributed by atoms with Gasteiger partial charge in [-0.05, 0) is 20.9 Å². The van der Waals surface area contributed by atoms with Crippen LogP contribution in [0, 0.1) is 13.8 Å². The van der Waals surface area contributed by atoms with E-state index in [1.165, 1.54) is 0 Å². The average molecular weight is 318 g/mol. The highest BCUT2D eigenvalue weighted by Crippen LogP contribution is 2.26. The van der Waals surface area contributed by atoms with Crippen molar-refractivity contribution in [3.05, 3.63) is 17.1 Å². The van der Waals surface area contributed by atoms with Gasteiger partial charge in [0.1, 0.15) is 16.4 Å². The van der Waals surface area contributed by atoms with Gasteiger partial charge < -0.3 is 19.2 Å². The van der Waals surface area contributed by atoms with Crippen LogP contribution in [0.5, 0.6) is 0 Å². The highest BCUT2D eigenvalue weighted by atomic mass is 32.2. The lowest BCUT2D eigenvalue weighted by Gasteiger charge is -2.23. The maximum atomic E-state index is 12.5. The van der Waals surface area contributed by atoms with Crippen molar-refractivity contribution in [1.29, 1.82) is 0 Å². The third-order valence-electron chi connectivity index (χ3n) is 3.33. The second-order valence-electron chi connectivity index (χ2n) is 4.97. The fourth-order valence-electron chi connectivity index (χ4n) is 2.37. The molecule has 0 saturated carbocycles. The summed E-state index contributed by atoms with van der Waals surface area (Å²) in [5.74, 6) is 1.01. The van der Waals surface area contributed by atoms with Crippen LogP contribution >= 0.6 is 0 Å². The molecule has 2 rings (SSSR count). The van der Waals surface area contributed by atoms with E-state index in [-0.39, 0.29) is 17.5 Å². The Balaban J connectivity index is 2.15. The molecule has 1 atom stereocenters. The summed E-state index contributed by atoms with van der Waals surface area (Å²) in [4.78, 5) is 0.214. The first kappa shape index (κ1) is 16.4. The molecular weight excluding hydrogens is 296 g/mol. The van der Waals surface area contributed by atoms with Crippen molar-refractivity contribution in [2.24, 2.45) is 0 Å². The highest BCUT2D eigenvalue weighted by Gasteiger charge is 2.27. The molecule has 120 valence electrons. The molecule has 0 amide bonds. The Morgan fingerprint density at radius 3 is 2.62 bits per heavy atom. The summed E-state index contributed by atoms with van der Waals surface area (Å²) in [5, 5.41) is 2.96. The number of rotatable bonds is 6. The first-order valence-electron chi connectivity index (χ1n) is 6.88. The number of hydrogen-bond acceptors (Lipinski definition) is 6. The number of furan rings is 1. The molecule has 1 aromatic rings. The van der Waals surface area contributed by atoms with Crippen molar-refractivity contribution < 1.29 is 22.3 Å². The summed E-state index contributed by atoms with van der Waals surface area (Å²) in [6, 6.07) is 0. The van der Waals surface area contributed by atoms with Gasteiger partial charge in [0.05, 0.1) is 25.9 Å². The second-order valence-corrected chi connectivity index (χ2v) is 6.68. The Hall–Kier alpha value is -0.930. The van der Waals surface area contributed by atoms with E-state index < -0.39 is 10.0 Å². The normalized spacial score (nSPS) is 19.9. The number of nitrogens with one attached hydrogen (secondary N) is 2. The summed E-state index contributed by atoms with van der Waals surface area (Å²) in [5.41, 5.74) is 0.656. The van der Waals surface area contributed by atoms with Crippen LogP contribution in [-0.4, -0.2) is 47.9 Å². The minimum absolute atomic E-state index is 0.186. The Morgan fingerprint density at radius 1 is 1.24 bits per heavy atom. The second kappa shape index (κ2) is 6.89. The van der Waals surface area contributed by atoms with Gasteiger partial charge in [-0.25, -0.2) is 13.1 Å². The van der Waals surface area contributed by atoms with Gasteiger partial charge in [-0.1, -0.05) is 0 Å². The third kappa shape index (κ3) is 3.83. The molecule has 8 heteroatoms. The molecule has 0 radical (unpaired) electrons. The number of hydrogen-bond donors (Lipinski definition) is 2. The smallest absolute Gasteiger partial charge is 0.244 e. The molecular formula is C13H22N2O5S. The van der Waals surface area contributed by atoms with Crippen LogP contribution < -0.4 is 10.0 Å². The number of sulfonamides is 1. The monoisotopic (exact) mass is 318 g/mol. The van der Waals surface area contributed by atoms with E-state index in [0.717, 1.165) is 0 Å². The molecule has 0 aliphatic carbocycles. The molecule has 1 aromatic heterocycles. The van der Waals surface area contributed by atoms with E-state index in [4.69, 9.17) is 13.9 Å². The number of aryl methyl sites for hydroxylation is 2. The SMILES string of the molecule is CNCc1c(C)oc(C)c1S(=O)(=O)NCC1COCCO1. The Kier molecular flexibility index (Phi) is 5.39. The quantitative estimate of drug-likeness (QED) is 0.784. The van der Waals surface area contributed by atoms with Gasteiger partial charge in [-0.3, -0.25) is 0 Å². The summed E-state index contributed by atoms with van der Waals surface area (Å²) >= 11 is 0. The third-order valence-corrected chi connectivity index (χ3v) is 4.95. The van der Waals surface area contributed by atoms with Crippen molar-refractivity contribution in [2.75, 3.05) is 33.4 Å². The van der Waals surface area contributed by atoms with E-state index in [9.17, 15) is 8.42 Å². The number of ether oxygens (including phenoxy) is 2. The summed E-state index contributed by atoms with van der Waals surface area (Å²) in [6.45, 7) is 5.47. The Labute approximate surface area is 125 Å². The van der Waals surface area contributed by atoms with E-state index in [1.54, 1.807) is 20.9 Å². The van der Waals surface area contributed by atoms with E-state index >= 15 is 0 Å². The van der Waals surface area contributed by atoms with Crippen LogP contribution in [-0.2, 0) is 26.0 Å². The lowest BCUT2D eigenvalue weighted by atomic mass is 10.2. The van der Waals surface area contributed by atoms with E-state index in [2.05, 4.69) is 10.0 Å². The maximum Gasteiger partial charge on any atom is 0.244 e. The van der Waals surface area contributed by atoms with Gasteiger partial charge >= 0.3 is 0 Å². The molecule has 1 fully saturated rings. The molecule has 0 spiro atoms. The summed E-state index contributed by atoms with van der Waals surface area (Å²) in [7, 11) is -1.88. The zero-order valence-corrected chi connectivity index (χ0v) is 13.4. The van der Waals surface area contributed by atoms with Crippen LogP contribution in [0.15, 0.2) is 9.31 Å². The topological polar surface area (TPSA) is 89.8 Å². The van der Waals surface area contributed by atoms with Crippen LogP contribution in [0.3, 0.4) is 0 Å². The van der Waals surface area contributed by atoms with Crippen LogP contribution in [0.4, 0.5) is 0 Å². The van der Waals surface area contributed by atoms with Gasteiger partial charge in [0, 0.05) is 18.7 Å². The Bertz CT molecular complexity index is 576. The standard InChI is InChI=1S/C13H22N2O5S/c1-9-12(7-14-3)13(10(2)20-9)21(16,17)15-6-11-8-18-4-5-19-11/h11,14-15H,4-8H2,1-3H3. The molecule has 21 heavy (non-hydrogen) atoms. The van der Waals surface area contributed by atoms with E-state index in [1.807, 2.05) is 0 Å². The Morgan fingerprint density at radius 2 is 2.00 bits per heavy atom. The predicted molar refractivity (Wildman–Crippen MR) is 76.7 cm³/mol. The van der Waals surface area contributed by atoms with Gasteiger partial charge in [-0.15, -0.1) is 0 Å². The van der Waals surface area contributed by atoms with Crippen LogP contribution in [0.2, 0.25) is 0 Å². The zero-order valence-electron chi connectivity index (χ0n) is 12.6. The van der Waals surface area contributed by atoms with Gasteiger partial charge in [0.15, 0.2) is 0 Å². The van der Waals surface area contributed by atoms with Gasteiger partial charge in [-0.2, -0.15) is 0 Å². The average Bonchev–Trinajstić information content (AvgIpc) is 2.73. The minimum Gasteiger partial charge on any atom is -0.465 e. The zero-order chi connectivity index (χ0) is 15.5. The highest BCUT2D eigenvalue weighted by molar-refractivity contribution is 7.89. The molecule has 1 saturated heterocycles. The molecule has 1 aliphatic heterocycles. The maximum absolute atomic E-state index is 12.5. The lowest BCUT2D eigenvalue weighted by Crippen LogP contribution is -2.40. The predicted octanol–water partition coefficient (Wildman–Crippen LogP) is 0.310. The van der Waals surface area contributed by atoms with Crippen molar-refractivity contribution in [3.8, 4) is 0 Å².